The number of carbonyl (C=O) groups is 1. The molecule has 3 N–H and O–H groups in total. The Morgan fingerprint density at radius 3 is 2.77 bits per heavy atom. The number of hydrogen-bond acceptors (Lipinski definition) is 3. The van der Waals surface area contributed by atoms with Crippen LogP contribution in [0.4, 0.5) is 0 Å². The van der Waals surface area contributed by atoms with Gasteiger partial charge in [0.2, 0.25) is 5.91 Å². The van der Waals surface area contributed by atoms with E-state index in [0.29, 0.717) is 19.1 Å². The number of hydrogen-bond donors (Lipinski definition) is 2. The number of halogens is 1. The Morgan fingerprint density at radius 1 is 1.36 bits per heavy atom. The standard InChI is InChI=1S/C17H24ClN3O/c18-14-3-1-2-13(10-14)17(12-19)6-4-15(5-7-17)21-9-8-20-16(22)11-21/h1-3,10,15H,4-9,11-12,19H2,(H,20,22). The summed E-state index contributed by atoms with van der Waals surface area (Å²) in [5.41, 5.74) is 7.45. The molecule has 0 bridgehead atoms. The number of nitrogens with two attached hydrogens (primary N) is 1. The highest BCUT2D eigenvalue weighted by atomic mass is 35.5. The van der Waals surface area contributed by atoms with Crippen molar-refractivity contribution in [1.29, 1.82) is 0 Å². The molecule has 0 atom stereocenters. The molecule has 22 heavy (non-hydrogen) atoms. The minimum Gasteiger partial charge on any atom is -0.354 e. The second-order valence-corrected chi connectivity index (χ2v) is 6.98. The van der Waals surface area contributed by atoms with Gasteiger partial charge in [-0.1, -0.05) is 23.7 Å². The highest BCUT2D eigenvalue weighted by Crippen LogP contribution is 2.40. The number of carbonyl (C=O) groups excluding carboxylic acids is 1. The van der Waals surface area contributed by atoms with E-state index in [2.05, 4.69) is 22.3 Å². The van der Waals surface area contributed by atoms with Crippen LogP contribution < -0.4 is 11.1 Å². The molecular weight excluding hydrogens is 298 g/mol. The summed E-state index contributed by atoms with van der Waals surface area (Å²) in [4.78, 5) is 13.9. The van der Waals surface area contributed by atoms with E-state index in [1.54, 1.807) is 0 Å². The van der Waals surface area contributed by atoms with Gasteiger partial charge in [-0.25, -0.2) is 0 Å². The van der Waals surface area contributed by atoms with Crippen molar-refractivity contribution >= 4 is 17.5 Å². The maximum absolute atomic E-state index is 11.6. The van der Waals surface area contributed by atoms with Crippen molar-refractivity contribution in [2.45, 2.75) is 37.1 Å². The molecule has 5 heteroatoms. The molecule has 1 heterocycles. The van der Waals surface area contributed by atoms with E-state index in [1.807, 2.05) is 12.1 Å². The van der Waals surface area contributed by atoms with Crippen molar-refractivity contribution in [3.05, 3.63) is 34.9 Å². The maximum atomic E-state index is 11.6. The molecular formula is C17H24ClN3O. The third-order valence-electron chi connectivity index (χ3n) is 5.32. The Kier molecular flexibility index (Phi) is 4.71. The zero-order chi connectivity index (χ0) is 15.6. The summed E-state index contributed by atoms with van der Waals surface area (Å²) < 4.78 is 0. The highest BCUT2D eigenvalue weighted by molar-refractivity contribution is 6.30. The molecule has 1 aliphatic heterocycles. The van der Waals surface area contributed by atoms with E-state index in [1.165, 1.54) is 5.56 Å². The van der Waals surface area contributed by atoms with E-state index in [9.17, 15) is 4.79 Å². The lowest BCUT2D eigenvalue weighted by molar-refractivity contribution is -0.125. The van der Waals surface area contributed by atoms with Crippen molar-refractivity contribution in [2.24, 2.45) is 5.73 Å². The van der Waals surface area contributed by atoms with Crippen LogP contribution in [-0.2, 0) is 10.2 Å². The quantitative estimate of drug-likeness (QED) is 0.894. The smallest absolute Gasteiger partial charge is 0.234 e. The number of benzene rings is 1. The van der Waals surface area contributed by atoms with Crippen LogP contribution >= 0.6 is 11.6 Å². The Morgan fingerprint density at radius 2 is 2.14 bits per heavy atom. The van der Waals surface area contributed by atoms with E-state index >= 15 is 0 Å². The average Bonchev–Trinajstić information content (AvgIpc) is 2.55. The summed E-state index contributed by atoms with van der Waals surface area (Å²) in [7, 11) is 0. The van der Waals surface area contributed by atoms with Crippen LogP contribution in [0.3, 0.4) is 0 Å². The van der Waals surface area contributed by atoms with Gasteiger partial charge >= 0.3 is 0 Å². The normalized spacial score (nSPS) is 30.1. The topological polar surface area (TPSA) is 58.4 Å². The van der Waals surface area contributed by atoms with Gasteiger partial charge in [0.25, 0.3) is 0 Å². The molecule has 0 aromatic heterocycles. The highest BCUT2D eigenvalue weighted by Gasteiger charge is 2.38. The van der Waals surface area contributed by atoms with Gasteiger partial charge in [0.05, 0.1) is 6.54 Å². The zero-order valence-electron chi connectivity index (χ0n) is 12.9. The molecule has 1 saturated heterocycles. The van der Waals surface area contributed by atoms with Crippen LogP contribution in [0.5, 0.6) is 0 Å². The SMILES string of the molecule is NCC1(c2cccc(Cl)c2)CCC(N2CCNC(=O)C2)CC1. The molecule has 1 aliphatic carbocycles. The van der Waals surface area contributed by atoms with Crippen LogP contribution in [-0.4, -0.2) is 43.0 Å². The molecule has 4 nitrogen and oxygen atoms in total. The molecule has 1 aromatic carbocycles. The lowest BCUT2D eigenvalue weighted by atomic mass is 9.68. The van der Waals surface area contributed by atoms with Gasteiger partial charge < -0.3 is 11.1 Å². The third-order valence-corrected chi connectivity index (χ3v) is 5.56. The van der Waals surface area contributed by atoms with Gasteiger partial charge in [-0.15, -0.1) is 0 Å². The molecule has 2 aliphatic rings. The van der Waals surface area contributed by atoms with Crippen molar-refractivity contribution in [3.63, 3.8) is 0 Å². The van der Waals surface area contributed by atoms with Crippen molar-refractivity contribution < 1.29 is 4.79 Å². The predicted molar refractivity (Wildman–Crippen MR) is 89.0 cm³/mol. The first kappa shape index (κ1) is 15.8. The van der Waals surface area contributed by atoms with Crippen LogP contribution in [0.1, 0.15) is 31.2 Å². The molecule has 0 radical (unpaired) electrons. The Bertz CT molecular complexity index is 540. The summed E-state index contributed by atoms with van der Waals surface area (Å²) in [6.07, 6.45) is 4.31. The fraction of sp³-hybridized carbons (Fsp3) is 0.588. The maximum Gasteiger partial charge on any atom is 0.234 e. The summed E-state index contributed by atoms with van der Waals surface area (Å²) in [5, 5.41) is 3.67. The molecule has 1 aromatic rings. The number of nitrogens with one attached hydrogen (secondary N) is 1. The van der Waals surface area contributed by atoms with E-state index in [-0.39, 0.29) is 11.3 Å². The monoisotopic (exact) mass is 321 g/mol. The van der Waals surface area contributed by atoms with Crippen molar-refractivity contribution in [3.8, 4) is 0 Å². The third kappa shape index (κ3) is 3.14. The number of amides is 1. The second-order valence-electron chi connectivity index (χ2n) is 6.55. The molecule has 1 saturated carbocycles. The first-order chi connectivity index (χ1) is 10.6. The molecule has 0 unspecified atom stereocenters. The van der Waals surface area contributed by atoms with Gasteiger partial charge in [-0.05, 0) is 43.4 Å². The van der Waals surface area contributed by atoms with Gasteiger partial charge in [0, 0.05) is 36.1 Å². The van der Waals surface area contributed by atoms with Gasteiger partial charge in [-0.2, -0.15) is 0 Å². The molecule has 3 rings (SSSR count). The minimum atomic E-state index is 0.0411. The first-order valence-electron chi connectivity index (χ1n) is 8.10. The number of nitrogens with zero attached hydrogens (tertiary/aromatic N) is 1. The van der Waals surface area contributed by atoms with E-state index in [0.717, 1.165) is 43.8 Å². The molecule has 0 spiro atoms. The molecule has 120 valence electrons. The second kappa shape index (κ2) is 6.57. The Labute approximate surface area is 137 Å². The average molecular weight is 322 g/mol. The predicted octanol–water partition coefficient (Wildman–Crippen LogP) is 1.91. The largest absolute Gasteiger partial charge is 0.354 e. The number of rotatable bonds is 3. The first-order valence-corrected chi connectivity index (χ1v) is 8.48. The van der Waals surface area contributed by atoms with Gasteiger partial charge in [0.15, 0.2) is 0 Å². The number of piperazine rings is 1. The molecule has 2 fully saturated rings. The van der Waals surface area contributed by atoms with Gasteiger partial charge in [-0.3, -0.25) is 9.69 Å². The lowest BCUT2D eigenvalue weighted by Crippen LogP contribution is -2.53. The van der Waals surface area contributed by atoms with Crippen LogP contribution in [0, 0.1) is 0 Å². The van der Waals surface area contributed by atoms with Crippen LogP contribution in [0.2, 0.25) is 5.02 Å². The lowest BCUT2D eigenvalue weighted by Gasteiger charge is -2.44. The fourth-order valence-corrected chi connectivity index (χ4v) is 4.11. The van der Waals surface area contributed by atoms with Crippen LogP contribution in [0.15, 0.2) is 24.3 Å². The van der Waals surface area contributed by atoms with Crippen LogP contribution in [0.25, 0.3) is 0 Å². The van der Waals surface area contributed by atoms with E-state index < -0.39 is 0 Å². The van der Waals surface area contributed by atoms with Gasteiger partial charge in [0.1, 0.15) is 0 Å². The Balaban J connectivity index is 1.70. The van der Waals surface area contributed by atoms with Crippen molar-refractivity contribution in [1.82, 2.24) is 10.2 Å². The minimum absolute atomic E-state index is 0.0411. The Hall–Kier alpha value is -1.10. The van der Waals surface area contributed by atoms with Crippen molar-refractivity contribution in [2.75, 3.05) is 26.2 Å². The summed E-state index contributed by atoms with van der Waals surface area (Å²) in [6, 6.07) is 8.63. The summed E-state index contributed by atoms with van der Waals surface area (Å²) in [5.74, 6) is 0.150. The fourth-order valence-electron chi connectivity index (χ4n) is 3.92. The summed E-state index contributed by atoms with van der Waals surface area (Å²) in [6.45, 7) is 2.92. The van der Waals surface area contributed by atoms with E-state index in [4.69, 9.17) is 17.3 Å². The summed E-state index contributed by atoms with van der Waals surface area (Å²) >= 11 is 6.16. The zero-order valence-corrected chi connectivity index (χ0v) is 13.6. The molecule has 1 amide bonds.